The number of methoxy groups -OCH3 is 1. The van der Waals surface area contributed by atoms with Gasteiger partial charge in [-0.15, -0.1) is 0 Å². The van der Waals surface area contributed by atoms with Gasteiger partial charge in [0.1, 0.15) is 23.0 Å². The summed E-state index contributed by atoms with van der Waals surface area (Å²) in [4.78, 5) is 4.15. The Morgan fingerprint density at radius 3 is 2.68 bits per heavy atom. The molecule has 0 unspecified atom stereocenters. The molecule has 0 saturated carbocycles. The number of anilines is 2. The van der Waals surface area contributed by atoms with E-state index < -0.39 is 8.07 Å². The van der Waals surface area contributed by atoms with Crippen LogP contribution in [-0.2, 0) is 11.5 Å². The normalized spacial score (nSPS) is 11.2. The Morgan fingerprint density at radius 1 is 1.36 bits per heavy atom. The van der Waals surface area contributed by atoms with Gasteiger partial charge in [-0.2, -0.15) is 10.4 Å². The summed E-state index contributed by atoms with van der Waals surface area (Å²) < 4.78 is 12.9. The highest BCUT2D eigenvalue weighted by Crippen LogP contribution is 2.27. The number of hydrogen-bond acceptors (Lipinski definition) is 6. The third-order valence-electron chi connectivity index (χ3n) is 3.44. The predicted molar refractivity (Wildman–Crippen MR) is 103 cm³/mol. The van der Waals surface area contributed by atoms with Crippen molar-refractivity contribution in [1.29, 1.82) is 5.26 Å². The van der Waals surface area contributed by atoms with E-state index in [0.29, 0.717) is 28.5 Å². The molecule has 0 bridgehead atoms. The van der Waals surface area contributed by atoms with Gasteiger partial charge in [0.25, 0.3) is 0 Å². The minimum absolute atomic E-state index is 0.274. The summed E-state index contributed by atoms with van der Waals surface area (Å²) in [6.07, 6.45) is 1.64. The number of nitrogens with one attached hydrogen (secondary N) is 1. The Morgan fingerprint density at radius 2 is 2.12 bits per heavy atom. The van der Waals surface area contributed by atoms with E-state index in [1.165, 1.54) is 0 Å². The average Bonchev–Trinajstić information content (AvgIpc) is 2.86. The number of halogens is 1. The molecule has 0 aliphatic heterocycles. The number of nitrogens with zero attached hydrogens (tertiary/aromatic N) is 4. The molecule has 9 heteroatoms. The number of hydrogen-bond donors (Lipinski definition) is 1. The summed E-state index contributed by atoms with van der Waals surface area (Å²) in [6, 6.07) is 6.80. The molecule has 0 spiro atoms. The largest absolute Gasteiger partial charge is 0.481 e. The first-order valence-electron chi connectivity index (χ1n) is 7.85. The zero-order valence-corrected chi connectivity index (χ0v) is 17.4. The molecule has 25 heavy (non-hydrogen) atoms. The van der Waals surface area contributed by atoms with Gasteiger partial charge in [-0.1, -0.05) is 19.6 Å². The van der Waals surface area contributed by atoms with Crippen molar-refractivity contribution >= 4 is 35.5 Å². The molecular formula is C16H22BrN5O2Si. The third kappa shape index (κ3) is 5.56. The lowest BCUT2D eigenvalue weighted by atomic mass is 10.3. The topological polar surface area (TPSA) is 85.0 Å². The molecule has 0 atom stereocenters. The lowest BCUT2D eigenvalue weighted by Gasteiger charge is -2.16. The van der Waals surface area contributed by atoms with Gasteiger partial charge in [-0.3, -0.25) is 0 Å². The number of rotatable bonds is 8. The van der Waals surface area contributed by atoms with Gasteiger partial charge in [0, 0.05) is 20.7 Å². The van der Waals surface area contributed by atoms with Crippen LogP contribution in [0.2, 0.25) is 25.7 Å². The average molecular weight is 424 g/mol. The fourth-order valence-electron chi connectivity index (χ4n) is 1.99. The summed E-state index contributed by atoms with van der Waals surface area (Å²) in [5.41, 5.74) is 1.15. The first-order chi connectivity index (χ1) is 11.8. The highest BCUT2D eigenvalue weighted by atomic mass is 79.9. The fraction of sp³-hybridized carbons (Fsp3) is 0.438. The van der Waals surface area contributed by atoms with Crippen molar-refractivity contribution in [2.75, 3.05) is 19.0 Å². The predicted octanol–water partition coefficient (Wildman–Crippen LogP) is 3.98. The smallest absolute Gasteiger partial charge is 0.213 e. The van der Waals surface area contributed by atoms with Crippen molar-refractivity contribution < 1.29 is 9.47 Å². The molecule has 0 aliphatic carbocycles. The van der Waals surface area contributed by atoms with Crippen molar-refractivity contribution in [1.82, 2.24) is 14.8 Å². The molecular weight excluding hydrogens is 402 g/mol. The van der Waals surface area contributed by atoms with Crippen LogP contribution in [0, 0.1) is 11.3 Å². The molecule has 0 radical (unpaired) electrons. The van der Waals surface area contributed by atoms with Gasteiger partial charge in [-0.05, 0) is 28.0 Å². The number of pyridine rings is 1. The lowest BCUT2D eigenvalue weighted by Crippen LogP contribution is -2.22. The zero-order valence-electron chi connectivity index (χ0n) is 14.8. The second-order valence-corrected chi connectivity index (χ2v) is 13.1. The van der Waals surface area contributed by atoms with Crippen LogP contribution in [0.25, 0.3) is 0 Å². The van der Waals surface area contributed by atoms with Crippen molar-refractivity contribution in [3.63, 3.8) is 0 Å². The summed E-state index contributed by atoms with van der Waals surface area (Å²) >= 11 is 3.33. The molecule has 0 fully saturated rings. The van der Waals surface area contributed by atoms with Crippen LogP contribution in [0.5, 0.6) is 5.88 Å². The van der Waals surface area contributed by atoms with Gasteiger partial charge in [0.15, 0.2) is 5.82 Å². The van der Waals surface area contributed by atoms with Crippen molar-refractivity contribution in [3.8, 4) is 11.9 Å². The highest BCUT2D eigenvalue weighted by Gasteiger charge is 2.17. The minimum Gasteiger partial charge on any atom is -0.481 e. The van der Waals surface area contributed by atoms with Gasteiger partial charge in [0.05, 0.1) is 19.0 Å². The van der Waals surface area contributed by atoms with E-state index in [0.717, 1.165) is 11.7 Å². The molecule has 0 saturated heterocycles. The number of nitriles is 1. The van der Waals surface area contributed by atoms with Crippen molar-refractivity contribution in [3.05, 3.63) is 28.5 Å². The maximum atomic E-state index is 9.41. The van der Waals surface area contributed by atoms with E-state index in [9.17, 15) is 5.26 Å². The van der Waals surface area contributed by atoms with Crippen molar-refractivity contribution in [2.24, 2.45) is 0 Å². The van der Waals surface area contributed by atoms with E-state index in [1.54, 1.807) is 24.1 Å². The maximum Gasteiger partial charge on any atom is 0.213 e. The molecule has 0 aliphatic rings. The zero-order chi connectivity index (χ0) is 18.4. The highest BCUT2D eigenvalue weighted by molar-refractivity contribution is 9.10. The van der Waals surface area contributed by atoms with Crippen LogP contribution in [0.15, 0.2) is 22.9 Å². The van der Waals surface area contributed by atoms with Gasteiger partial charge >= 0.3 is 0 Å². The van der Waals surface area contributed by atoms with Gasteiger partial charge < -0.3 is 14.8 Å². The van der Waals surface area contributed by atoms with E-state index in [-0.39, 0.29) is 6.73 Å². The molecule has 0 amide bonds. The standard InChI is InChI=1S/C16H22BrN5O2Si/c1-23-14-6-5-12(10-19-14)20-16-13(9-18)15(17)21-22(16)11-24-7-8-25(2,3)4/h5-6,10,20H,7-8,11H2,1-4H3. The van der Waals surface area contributed by atoms with Crippen LogP contribution in [0.4, 0.5) is 11.5 Å². The number of aromatic nitrogens is 3. The molecule has 2 rings (SSSR count). The maximum absolute atomic E-state index is 9.41. The van der Waals surface area contributed by atoms with Crippen LogP contribution in [0.3, 0.4) is 0 Å². The molecule has 7 nitrogen and oxygen atoms in total. The first kappa shape index (κ1) is 19.4. The van der Waals surface area contributed by atoms with E-state index in [4.69, 9.17) is 9.47 Å². The van der Waals surface area contributed by atoms with Crippen LogP contribution >= 0.6 is 15.9 Å². The molecule has 2 aromatic rings. The molecule has 1 N–H and O–H groups in total. The monoisotopic (exact) mass is 423 g/mol. The summed E-state index contributed by atoms with van der Waals surface area (Å²) in [6.45, 7) is 7.87. The van der Waals surface area contributed by atoms with Crippen LogP contribution < -0.4 is 10.1 Å². The van der Waals surface area contributed by atoms with Crippen LogP contribution in [0.1, 0.15) is 5.56 Å². The van der Waals surface area contributed by atoms with E-state index in [1.807, 2.05) is 6.07 Å². The van der Waals surface area contributed by atoms with Crippen LogP contribution in [-0.4, -0.2) is 36.6 Å². The Balaban J connectivity index is 2.13. The Labute approximate surface area is 157 Å². The second kappa shape index (κ2) is 8.47. The number of ether oxygens (including phenoxy) is 2. The minimum atomic E-state index is -1.14. The summed E-state index contributed by atoms with van der Waals surface area (Å²) in [5, 5.41) is 16.9. The molecule has 134 valence electrons. The van der Waals surface area contributed by atoms with Gasteiger partial charge in [-0.25, -0.2) is 9.67 Å². The molecule has 2 heterocycles. The van der Waals surface area contributed by atoms with E-state index >= 15 is 0 Å². The lowest BCUT2D eigenvalue weighted by molar-refractivity contribution is 0.0799. The summed E-state index contributed by atoms with van der Waals surface area (Å²) in [7, 11) is 0.419. The Kier molecular flexibility index (Phi) is 6.58. The Bertz CT molecular complexity index is 750. The first-order valence-corrected chi connectivity index (χ1v) is 12.4. The third-order valence-corrected chi connectivity index (χ3v) is 5.70. The fourth-order valence-corrected chi connectivity index (χ4v) is 3.22. The second-order valence-electron chi connectivity index (χ2n) is 6.69. The SMILES string of the molecule is COc1ccc(Nc2c(C#N)c(Br)nn2COCC[Si](C)(C)C)cn1. The Hall–Kier alpha value is -1.89. The molecule has 0 aromatic carbocycles. The van der Waals surface area contributed by atoms with Gasteiger partial charge in [0.2, 0.25) is 5.88 Å². The molecule has 2 aromatic heterocycles. The summed E-state index contributed by atoms with van der Waals surface area (Å²) in [5.74, 6) is 1.09. The van der Waals surface area contributed by atoms with E-state index in [2.05, 4.69) is 57.0 Å². The van der Waals surface area contributed by atoms with Crippen molar-refractivity contribution in [2.45, 2.75) is 32.4 Å². The quantitative estimate of drug-likeness (QED) is 0.510.